The standard InChI is InChI=1S/C18H21N7O4/c26-14-6-10(16(27)22-14)5-11-7-20-25-15(11)23-17(24-18(25)21-12-1-2-12)19-8-13-9-28-3-4-29-13/h5,7,12-13H,1-4,6,8-9H2,(H,22,26,27)(H2,19,21,23,24)/b10-5+. The smallest absolute Gasteiger partial charge is 0.254 e. The number of amides is 2. The van der Waals surface area contributed by atoms with Crippen LogP contribution in [0.25, 0.3) is 11.7 Å². The molecule has 0 spiro atoms. The van der Waals surface area contributed by atoms with Crippen molar-refractivity contribution >= 4 is 35.4 Å². The second-order valence-corrected chi connectivity index (χ2v) is 7.30. The fourth-order valence-corrected chi connectivity index (χ4v) is 3.25. The fourth-order valence-electron chi connectivity index (χ4n) is 3.25. The largest absolute Gasteiger partial charge is 0.376 e. The van der Waals surface area contributed by atoms with E-state index in [1.54, 1.807) is 16.8 Å². The summed E-state index contributed by atoms with van der Waals surface area (Å²) in [5.74, 6) is 0.326. The first kappa shape index (κ1) is 18.0. The monoisotopic (exact) mass is 399 g/mol. The topological polar surface area (TPSA) is 132 Å². The van der Waals surface area contributed by atoms with Crippen LogP contribution in [0.4, 0.5) is 11.9 Å². The van der Waals surface area contributed by atoms with E-state index in [2.05, 4.69) is 31.0 Å². The molecule has 0 bridgehead atoms. The van der Waals surface area contributed by atoms with Crippen molar-refractivity contribution in [3.63, 3.8) is 0 Å². The number of hydrogen-bond donors (Lipinski definition) is 3. The molecule has 2 aromatic rings. The van der Waals surface area contributed by atoms with Gasteiger partial charge in [0.05, 0.1) is 38.5 Å². The van der Waals surface area contributed by atoms with Crippen LogP contribution in [0, 0.1) is 0 Å². The summed E-state index contributed by atoms with van der Waals surface area (Å²) < 4.78 is 12.7. The highest BCUT2D eigenvalue weighted by molar-refractivity contribution is 6.15. The van der Waals surface area contributed by atoms with Crippen molar-refractivity contribution in [1.82, 2.24) is 24.9 Å². The van der Waals surface area contributed by atoms with Crippen molar-refractivity contribution in [3.05, 3.63) is 17.3 Å². The molecule has 0 radical (unpaired) electrons. The average Bonchev–Trinajstić information content (AvgIpc) is 3.36. The van der Waals surface area contributed by atoms with Crippen LogP contribution >= 0.6 is 0 Å². The molecular weight excluding hydrogens is 378 g/mol. The maximum atomic E-state index is 11.9. The first-order chi connectivity index (χ1) is 14.2. The minimum atomic E-state index is -0.382. The van der Waals surface area contributed by atoms with E-state index in [1.165, 1.54) is 0 Å². The molecule has 3 fully saturated rings. The molecule has 1 atom stereocenters. The van der Waals surface area contributed by atoms with Crippen LogP contribution in [-0.2, 0) is 19.1 Å². The molecule has 3 aliphatic rings. The Bertz CT molecular complexity index is 992. The lowest BCUT2D eigenvalue weighted by Gasteiger charge is -2.23. The molecule has 152 valence electrons. The summed E-state index contributed by atoms with van der Waals surface area (Å²) in [4.78, 5) is 32.5. The van der Waals surface area contributed by atoms with Crippen molar-refractivity contribution in [2.24, 2.45) is 0 Å². The Morgan fingerprint density at radius 1 is 1.28 bits per heavy atom. The number of rotatable bonds is 6. The minimum Gasteiger partial charge on any atom is -0.376 e. The van der Waals surface area contributed by atoms with E-state index in [9.17, 15) is 9.59 Å². The molecule has 2 amide bonds. The summed E-state index contributed by atoms with van der Waals surface area (Å²) in [6, 6.07) is 0.375. The third-order valence-electron chi connectivity index (χ3n) is 4.90. The van der Waals surface area contributed by atoms with Gasteiger partial charge in [-0.25, -0.2) is 0 Å². The second-order valence-electron chi connectivity index (χ2n) is 7.30. The van der Waals surface area contributed by atoms with Crippen molar-refractivity contribution < 1.29 is 19.1 Å². The van der Waals surface area contributed by atoms with Crippen LogP contribution < -0.4 is 16.0 Å². The summed E-state index contributed by atoms with van der Waals surface area (Å²) in [7, 11) is 0. The first-order valence-corrected chi connectivity index (χ1v) is 9.66. The van der Waals surface area contributed by atoms with Gasteiger partial charge in [0.15, 0.2) is 5.65 Å². The van der Waals surface area contributed by atoms with Gasteiger partial charge >= 0.3 is 0 Å². The van der Waals surface area contributed by atoms with Crippen LogP contribution in [-0.4, -0.2) is 69.9 Å². The highest BCUT2D eigenvalue weighted by atomic mass is 16.6. The number of anilines is 2. The van der Waals surface area contributed by atoms with E-state index in [0.29, 0.717) is 61.1 Å². The zero-order valence-corrected chi connectivity index (χ0v) is 15.7. The number of nitrogens with one attached hydrogen (secondary N) is 3. The fraction of sp³-hybridized carbons (Fsp3) is 0.500. The normalized spacial score (nSPS) is 23.6. The Kier molecular flexibility index (Phi) is 4.60. The molecule has 1 saturated carbocycles. The van der Waals surface area contributed by atoms with Crippen LogP contribution in [0.2, 0.25) is 0 Å². The third kappa shape index (κ3) is 3.91. The van der Waals surface area contributed by atoms with E-state index in [0.717, 1.165) is 12.8 Å². The molecule has 1 aliphatic carbocycles. The van der Waals surface area contributed by atoms with Gasteiger partial charge in [-0.05, 0) is 18.9 Å². The summed E-state index contributed by atoms with van der Waals surface area (Å²) in [6.45, 7) is 2.22. The third-order valence-corrected chi connectivity index (χ3v) is 4.90. The highest BCUT2D eigenvalue weighted by Crippen LogP contribution is 2.26. The number of fused-ring (bicyclic) bond motifs is 1. The van der Waals surface area contributed by atoms with Crippen LogP contribution in [0.5, 0.6) is 0 Å². The highest BCUT2D eigenvalue weighted by Gasteiger charge is 2.26. The second kappa shape index (κ2) is 7.41. The molecule has 2 aliphatic heterocycles. The lowest BCUT2D eigenvalue weighted by atomic mass is 10.1. The molecule has 2 saturated heterocycles. The molecule has 0 aromatic carbocycles. The number of imide groups is 1. The zero-order chi connectivity index (χ0) is 19.8. The number of aromatic nitrogens is 4. The molecular formula is C18H21N7O4. The lowest BCUT2D eigenvalue weighted by Crippen LogP contribution is -2.34. The Labute approximate surface area is 165 Å². The van der Waals surface area contributed by atoms with E-state index in [-0.39, 0.29) is 24.3 Å². The quantitative estimate of drug-likeness (QED) is 0.452. The van der Waals surface area contributed by atoms with Gasteiger partial charge < -0.3 is 20.1 Å². The molecule has 11 nitrogen and oxygen atoms in total. The van der Waals surface area contributed by atoms with Crippen LogP contribution in [0.15, 0.2) is 11.8 Å². The molecule has 29 heavy (non-hydrogen) atoms. The number of carbonyl (C=O) groups is 2. The number of carbonyl (C=O) groups excluding carboxylic acids is 2. The van der Waals surface area contributed by atoms with Gasteiger partial charge in [-0.2, -0.15) is 19.6 Å². The maximum Gasteiger partial charge on any atom is 0.254 e. The molecule has 11 heteroatoms. The number of ether oxygens (including phenoxy) is 2. The van der Waals surface area contributed by atoms with E-state index in [4.69, 9.17) is 9.47 Å². The molecule has 2 aromatic heterocycles. The Morgan fingerprint density at radius 2 is 2.17 bits per heavy atom. The molecule has 1 unspecified atom stereocenters. The van der Waals surface area contributed by atoms with Crippen molar-refractivity contribution in [2.45, 2.75) is 31.4 Å². The predicted molar refractivity (Wildman–Crippen MR) is 102 cm³/mol. The predicted octanol–water partition coefficient (Wildman–Crippen LogP) is -0.0442. The van der Waals surface area contributed by atoms with Crippen LogP contribution in [0.1, 0.15) is 24.8 Å². The first-order valence-electron chi connectivity index (χ1n) is 9.66. The summed E-state index contributed by atoms with van der Waals surface area (Å²) in [5, 5.41) is 13.2. The number of nitrogens with zero attached hydrogens (tertiary/aromatic N) is 4. The maximum absolute atomic E-state index is 11.9. The molecule has 3 N–H and O–H groups in total. The van der Waals surface area contributed by atoms with Gasteiger partial charge in [-0.3, -0.25) is 14.9 Å². The van der Waals surface area contributed by atoms with E-state index >= 15 is 0 Å². The Balaban J connectivity index is 1.46. The van der Waals surface area contributed by atoms with Gasteiger partial charge in [0.1, 0.15) is 0 Å². The molecule has 4 heterocycles. The van der Waals surface area contributed by atoms with Crippen LogP contribution in [0.3, 0.4) is 0 Å². The molecule has 5 rings (SSSR count). The Hall–Kier alpha value is -3.05. The summed E-state index contributed by atoms with van der Waals surface area (Å²) >= 11 is 0. The number of hydrogen-bond acceptors (Lipinski definition) is 9. The summed E-state index contributed by atoms with van der Waals surface area (Å²) in [6.07, 6.45) is 5.43. The van der Waals surface area contributed by atoms with Crippen molar-refractivity contribution in [2.75, 3.05) is 37.0 Å². The zero-order valence-electron chi connectivity index (χ0n) is 15.7. The van der Waals surface area contributed by atoms with Gasteiger partial charge in [-0.15, -0.1) is 0 Å². The van der Waals surface area contributed by atoms with Crippen molar-refractivity contribution in [3.8, 4) is 0 Å². The SMILES string of the molecule is O=C1C/C(=C\c2cnn3c(NC4CC4)nc(NCC4COCCO4)nc23)C(=O)N1. The van der Waals surface area contributed by atoms with Gasteiger partial charge in [0.2, 0.25) is 17.8 Å². The van der Waals surface area contributed by atoms with Gasteiger partial charge in [0, 0.05) is 23.7 Å². The van der Waals surface area contributed by atoms with E-state index < -0.39 is 0 Å². The van der Waals surface area contributed by atoms with Gasteiger partial charge in [0.25, 0.3) is 5.91 Å². The van der Waals surface area contributed by atoms with Gasteiger partial charge in [-0.1, -0.05) is 0 Å². The summed E-state index contributed by atoms with van der Waals surface area (Å²) in [5.41, 5.74) is 1.58. The van der Waals surface area contributed by atoms with Crippen molar-refractivity contribution in [1.29, 1.82) is 0 Å². The Morgan fingerprint density at radius 3 is 2.90 bits per heavy atom. The lowest BCUT2D eigenvalue weighted by molar-refractivity contribution is -0.124. The minimum absolute atomic E-state index is 0.0541. The average molecular weight is 399 g/mol. The van der Waals surface area contributed by atoms with E-state index in [1.807, 2.05) is 0 Å².